The highest BCUT2D eigenvalue weighted by atomic mass is 31.2. The SMILES string of the molecule is CCCCCCCCCCCCCCCCCCCCCCCC(=O)O[C@H](COC(=O)CCCCCCCCCCCCCCC(C)C)COP(=O)(O)OC[C@@H](O)COP(=O)(O)OC[C@@H](COC(=O)CCCCCCC)OC(=O)CCCCCCCCCCCCC(C)CC. The molecule has 0 rings (SSSR count). The second-order valence-corrected chi connectivity index (χ2v) is 31.0. The van der Waals surface area contributed by atoms with Crippen molar-refractivity contribution >= 4 is 39.5 Å². The minimum absolute atomic E-state index is 0.105. The zero-order valence-corrected chi connectivity index (χ0v) is 63.8. The van der Waals surface area contributed by atoms with Gasteiger partial charge < -0.3 is 33.8 Å². The van der Waals surface area contributed by atoms with E-state index < -0.39 is 97.5 Å². The molecule has 0 saturated carbocycles. The molecule has 95 heavy (non-hydrogen) atoms. The molecule has 0 fully saturated rings. The standard InChI is InChI=1S/C76H148O17P2/c1-7-10-12-14-15-16-17-18-19-20-21-22-23-24-25-26-31-37-42-48-54-60-76(81)93-72(65-87-74(79)59-53-47-41-36-30-28-27-29-34-39-45-50-56-68(4)5)67-91-95(84,85)89-63-70(77)62-88-94(82,83)90-66-71(64-86-73(78)58-52-44-13-11-8-2)92-75(80)61-55-49-43-38-33-32-35-40-46-51-57-69(6)9-3/h68-72,77H,7-67H2,1-6H3,(H,82,83)(H,84,85)/t69?,70-,71+,72+/m0/s1. The van der Waals surface area contributed by atoms with Gasteiger partial charge in [0, 0.05) is 25.7 Å². The van der Waals surface area contributed by atoms with E-state index in [1.54, 1.807) is 0 Å². The topological polar surface area (TPSA) is 237 Å². The Bertz CT molecular complexity index is 1840. The Morgan fingerprint density at radius 2 is 0.537 bits per heavy atom. The van der Waals surface area contributed by atoms with E-state index in [1.807, 2.05) is 0 Å². The number of phosphoric ester groups is 2. The van der Waals surface area contributed by atoms with Gasteiger partial charge in [0.25, 0.3) is 0 Å². The van der Waals surface area contributed by atoms with Gasteiger partial charge in [0.2, 0.25) is 0 Å². The first-order chi connectivity index (χ1) is 45.9. The quantitative estimate of drug-likeness (QED) is 0.0222. The van der Waals surface area contributed by atoms with E-state index in [0.717, 1.165) is 108 Å². The minimum atomic E-state index is -4.96. The Balaban J connectivity index is 5.13. The molecule has 0 aromatic heterocycles. The molecular weight excluding hydrogens is 1250 g/mol. The van der Waals surface area contributed by atoms with Crippen LogP contribution in [0.5, 0.6) is 0 Å². The Hall–Kier alpha value is -1.94. The summed E-state index contributed by atoms with van der Waals surface area (Å²) in [5, 5.41) is 10.6. The average Bonchev–Trinajstić information content (AvgIpc) is 2.29. The first-order valence-corrected chi connectivity index (χ1v) is 42.5. The van der Waals surface area contributed by atoms with Crippen LogP contribution in [0, 0.1) is 11.8 Å². The van der Waals surface area contributed by atoms with Crippen molar-refractivity contribution in [1.29, 1.82) is 0 Å². The summed E-state index contributed by atoms with van der Waals surface area (Å²) in [6, 6.07) is 0. The van der Waals surface area contributed by atoms with Crippen molar-refractivity contribution in [1.82, 2.24) is 0 Å². The lowest BCUT2D eigenvalue weighted by molar-refractivity contribution is -0.161. The summed E-state index contributed by atoms with van der Waals surface area (Å²) in [4.78, 5) is 72.5. The van der Waals surface area contributed by atoms with Gasteiger partial charge in [-0.15, -0.1) is 0 Å². The van der Waals surface area contributed by atoms with Gasteiger partial charge in [-0.2, -0.15) is 0 Å². The molecule has 0 amide bonds. The third-order valence-electron chi connectivity index (χ3n) is 18.1. The fourth-order valence-electron chi connectivity index (χ4n) is 11.6. The van der Waals surface area contributed by atoms with Crippen LogP contribution in [0.25, 0.3) is 0 Å². The third-order valence-corrected chi connectivity index (χ3v) is 20.0. The Morgan fingerprint density at radius 3 is 0.800 bits per heavy atom. The number of hydrogen-bond donors (Lipinski definition) is 3. The van der Waals surface area contributed by atoms with E-state index >= 15 is 0 Å². The fraction of sp³-hybridized carbons (Fsp3) is 0.947. The Labute approximate surface area is 581 Å². The van der Waals surface area contributed by atoms with Crippen LogP contribution in [0.2, 0.25) is 0 Å². The highest BCUT2D eigenvalue weighted by Crippen LogP contribution is 2.45. The summed E-state index contributed by atoms with van der Waals surface area (Å²) in [6.45, 7) is 9.54. The molecular formula is C76H148O17P2. The molecule has 0 aromatic rings. The largest absolute Gasteiger partial charge is 0.472 e. The predicted octanol–water partition coefficient (Wildman–Crippen LogP) is 22.3. The average molecular weight is 1400 g/mol. The van der Waals surface area contributed by atoms with E-state index in [4.69, 9.17) is 37.0 Å². The van der Waals surface area contributed by atoms with E-state index in [9.17, 15) is 43.2 Å². The van der Waals surface area contributed by atoms with Crippen molar-refractivity contribution in [2.45, 2.75) is 413 Å². The number of aliphatic hydroxyl groups is 1. The normalized spacial score (nSPS) is 14.3. The van der Waals surface area contributed by atoms with Crippen molar-refractivity contribution in [3.8, 4) is 0 Å². The monoisotopic (exact) mass is 1400 g/mol. The van der Waals surface area contributed by atoms with Crippen LogP contribution < -0.4 is 0 Å². The molecule has 0 aliphatic rings. The maximum Gasteiger partial charge on any atom is 0.472 e. The predicted molar refractivity (Wildman–Crippen MR) is 386 cm³/mol. The van der Waals surface area contributed by atoms with Gasteiger partial charge in [0.15, 0.2) is 12.2 Å². The van der Waals surface area contributed by atoms with Gasteiger partial charge >= 0.3 is 39.5 Å². The number of phosphoric acid groups is 2. The zero-order valence-electron chi connectivity index (χ0n) is 62.0. The van der Waals surface area contributed by atoms with E-state index in [1.165, 1.54) is 205 Å². The van der Waals surface area contributed by atoms with Crippen LogP contribution in [0.1, 0.15) is 395 Å². The number of unbranched alkanes of at least 4 members (excludes halogenated alkanes) is 44. The highest BCUT2D eigenvalue weighted by Gasteiger charge is 2.30. The minimum Gasteiger partial charge on any atom is -0.462 e. The van der Waals surface area contributed by atoms with Crippen molar-refractivity contribution in [3.63, 3.8) is 0 Å². The lowest BCUT2D eigenvalue weighted by Crippen LogP contribution is -2.30. The van der Waals surface area contributed by atoms with Gasteiger partial charge in [0.05, 0.1) is 26.4 Å². The number of carbonyl (C=O) groups excluding carboxylic acids is 4. The number of esters is 4. The smallest absolute Gasteiger partial charge is 0.462 e. The molecule has 0 radical (unpaired) electrons. The molecule has 0 heterocycles. The molecule has 0 saturated heterocycles. The second kappa shape index (κ2) is 67.9. The van der Waals surface area contributed by atoms with Crippen LogP contribution in [0.3, 0.4) is 0 Å². The number of carbonyl (C=O) groups is 4. The Kier molecular flexibility index (Phi) is 66.5. The molecule has 0 aliphatic carbocycles. The van der Waals surface area contributed by atoms with Crippen LogP contribution in [-0.4, -0.2) is 96.7 Å². The lowest BCUT2D eigenvalue weighted by Gasteiger charge is -2.21. The van der Waals surface area contributed by atoms with E-state index in [0.29, 0.717) is 25.7 Å². The van der Waals surface area contributed by atoms with Crippen molar-refractivity contribution in [2.24, 2.45) is 11.8 Å². The lowest BCUT2D eigenvalue weighted by atomic mass is 9.99. The maximum atomic E-state index is 13.1. The molecule has 6 atom stereocenters. The third kappa shape index (κ3) is 69.0. The number of hydrogen-bond acceptors (Lipinski definition) is 15. The van der Waals surface area contributed by atoms with E-state index in [-0.39, 0.29) is 25.7 Å². The maximum absolute atomic E-state index is 13.1. The Morgan fingerprint density at radius 1 is 0.305 bits per heavy atom. The van der Waals surface area contributed by atoms with Crippen LogP contribution in [0.4, 0.5) is 0 Å². The van der Waals surface area contributed by atoms with Gasteiger partial charge in [-0.05, 0) is 37.5 Å². The molecule has 0 aromatic carbocycles. The fourth-order valence-corrected chi connectivity index (χ4v) is 13.2. The number of ether oxygens (including phenoxy) is 4. The zero-order chi connectivity index (χ0) is 70.0. The van der Waals surface area contributed by atoms with Crippen molar-refractivity contribution in [3.05, 3.63) is 0 Å². The molecule has 17 nitrogen and oxygen atoms in total. The summed E-state index contributed by atoms with van der Waals surface area (Å²) in [6.07, 6.45) is 55.9. The van der Waals surface area contributed by atoms with Gasteiger partial charge in [-0.3, -0.25) is 37.3 Å². The van der Waals surface area contributed by atoms with Crippen LogP contribution >= 0.6 is 15.6 Å². The van der Waals surface area contributed by atoms with Gasteiger partial charge in [-0.25, -0.2) is 9.13 Å². The molecule has 0 aliphatic heterocycles. The van der Waals surface area contributed by atoms with Gasteiger partial charge in [-0.1, -0.05) is 343 Å². The number of aliphatic hydroxyl groups excluding tert-OH is 1. The molecule has 0 spiro atoms. The first-order valence-electron chi connectivity index (χ1n) is 39.5. The second-order valence-electron chi connectivity index (χ2n) is 28.1. The first kappa shape index (κ1) is 93.1. The van der Waals surface area contributed by atoms with Crippen molar-refractivity contribution < 1.29 is 80.2 Å². The highest BCUT2D eigenvalue weighted by molar-refractivity contribution is 7.47. The van der Waals surface area contributed by atoms with Crippen LogP contribution in [-0.2, 0) is 65.4 Å². The summed E-state index contributed by atoms with van der Waals surface area (Å²) in [5.74, 6) is -0.543. The molecule has 564 valence electrons. The summed E-state index contributed by atoms with van der Waals surface area (Å²) >= 11 is 0. The van der Waals surface area contributed by atoms with Crippen molar-refractivity contribution in [2.75, 3.05) is 39.6 Å². The summed E-state index contributed by atoms with van der Waals surface area (Å²) in [5.41, 5.74) is 0. The summed E-state index contributed by atoms with van der Waals surface area (Å²) < 4.78 is 68.3. The molecule has 19 heteroatoms. The van der Waals surface area contributed by atoms with Gasteiger partial charge in [0.1, 0.15) is 19.3 Å². The number of rotatable bonds is 75. The molecule has 3 unspecified atom stereocenters. The summed E-state index contributed by atoms with van der Waals surface area (Å²) in [7, 11) is -9.90. The van der Waals surface area contributed by atoms with Crippen LogP contribution in [0.15, 0.2) is 0 Å². The molecule has 3 N–H and O–H groups in total. The molecule has 0 bridgehead atoms. The van der Waals surface area contributed by atoms with E-state index in [2.05, 4.69) is 41.5 Å².